The molecule has 2 heterocycles. The molecule has 28 heavy (non-hydrogen) atoms. The topological polar surface area (TPSA) is 32.3 Å². The van der Waals surface area contributed by atoms with Crippen LogP contribution in [0.25, 0.3) is 11.4 Å². The van der Waals surface area contributed by atoms with Gasteiger partial charge in [-0.2, -0.15) is 9.36 Å². The molecule has 0 saturated carbocycles. The molecule has 0 unspecified atom stereocenters. The van der Waals surface area contributed by atoms with Gasteiger partial charge in [-0.05, 0) is 18.2 Å². The molecule has 7 heteroatoms. The van der Waals surface area contributed by atoms with Gasteiger partial charge in [-0.3, -0.25) is 4.90 Å². The van der Waals surface area contributed by atoms with E-state index >= 15 is 0 Å². The second kappa shape index (κ2) is 8.93. The second-order valence-electron chi connectivity index (χ2n) is 6.49. The van der Waals surface area contributed by atoms with E-state index in [1.54, 1.807) is 6.07 Å². The van der Waals surface area contributed by atoms with Crippen molar-refractivity contribution in [1.29, 1.82) is 0 Å². The number of halogens is 2. The van der Waals surface area contributed by atoms with Crippen molar-refractivity contribution in [3.8, 4) is 23.2 Å². The molecule has 0 N–H and O–H groups in total. The highest BCUT2D eigenvalue weighted by Gasteiger charge is 2.19. The first-order valence-electron chi connectivity index (χ1n) is 8.99. The molecule has 4 nitrogen and oxygen atoms in total. The summed E-state index contributed by atoms with van der Waals surface area (Å²) in [6, 6.07) is 15.5. The van der Waals surface area contributed by atoms with E-state index in [1.807, 2.05) is 42.5 Å². The average molecular weight is 429 g/mol. The quantitative estimate of drug-likeness (QED) is 0.566. The van der Waals surface area contributed by atoms with Crippen molar-refractivity contribution in [2.24, 2.45) is 0 Å². The molecule has 0 spiro atoms. The van der Waals surface area contributed by atoms with Crippen LogP contribution in [0.5, 0.6) is 0 Å². The molecule has 1 aliphatic heterocycles. The molecule has 4 rings (SSSR count). The molecular formula is C21H18Cl2N4S. The van der Waals surface area contributed by atoms with Crippen LogP contribution in [0.1, 0.15) is 5.56 Å². The first kappa shape index (κ1) is 19.2. The summed E-state index contributed by atoms with van der Waals surface area (Å²) in [5, 5.41) is 2.20. The summed E-state index contributed by atoms with van der Waals surface area (Å²) < 4.78 is 4.51. The molecular weight excluding hydrogens is 411 g/mol. The van der Waals surface area contributed by atoms with Crippen LogP contribution in [0, 0.1) is 11.8 Å². The lowest BCUT2D eigenvalue weighted by molar-refractivity contribution is 0.288. The maximum Gasteiger partial charge on any atom is 0.205 e. The van der Waals surface area contributed by atoms with E-state index < -0.39 is 0 Å². The zero-order valence-electron chi connectivity index (χ0n) is 15.1. The Bertz CT molecular complexity index is 982. The summed E-state index contributed by atoms with van der Waals surface area (Å²) in [6.07, 6.45) is 0. The standard InChI is InChI=1S/C21H18Cl2N4S/c22-18-13-16(14-19(23)15-18)5-4-8-26-9-11-27(12-10-26)21-24-20(25-28-21)17-6-2-1-3-7-17/h1-3,6-7,13-15H,8-12H2. The maximum absolute atomic E-state index is 6.01. The van der Waals surface area contributed by atoms with E-state index in [0.29, 0.717) is 10.0 Å². The number of piperazine rings is 1. The Morgan fingerprint density at radius 3 is 2.39 bits per heavy atom. The molecule has 2 aromatic carbocycles. The summed E-state index contributed by atoms with van der Waals surface area (Å²) >= 11 is 13.5. The third kappa shape index (κ3) is 4.84. The summed E-state index contributed by atoms with van der Waals surface area (Å²) in [5.41, 5.74) is 1.90. The van der Waals surface area contributed by atoms with Gasteiger partial charge in [-0.15, -0.1) is 0 Å². The predicted octanol–water partition coefficient (Wildman–Crippen LogP) is 4.69. The molecule has 0 bridgehead atoms. The predicted molar refractivity (Wildman–Crippen MR) is 117 cm³/mol. The van der Waals surface area contributed by atoms with Crippen molar-refractivity contribution >= 4 is 39.9 Å². The highest BCUT2D eigenvalue weighted by Crippen LogP contribution is 2.24. The molecule has 0 radical (unpaired) electrons. The number of anilines is 1. The van der Waals surface area contributed by atoms with Crippen LogP contribution in [-0.2, 0) is 0 Å². The van der Waals surface area contributed by atoms with Crippen LogP contribution >= 0.6 is 34.7 Å². The molecule has 1 saturated heterocycles. The Labute approximate surface area is 178 Å². The first-order valence-corrected chi connectivity index (χ1v) is 10.5. The van der Waals surface area contributed by atoms with E-state index in [-0.39, 0.29) is 0 Å². The summed E-state index contributed by atoms with van der Waals surface area (Å²) in [6.45, 7) is 4.47. The molecule has 1 fully saturated rings. The second-order valence-corrected chi connectivity index (χ2v) is 8.09. The van der Waals surface area contributed by atoms with Gasteiger partial charge in [0.25, 0.3) is 0 Å². The minimum atomic E-state index is 0.609. The fraction of sp³-hybridized carbons (Fsp3) is 0.238. The monoisotopic (exact) mass is 428 g/mol. The van der Waals surface area contributed by atoms with Crippen LogP contribution in [0.4, 0.5) is 5.13 Å². The van der Waals surface area contributed by atoms with E-state index in [4.69, 9.17) is 28.2 Å². The largest absolute Gasteiger partial charge is 0.344 e. The molecule has 3 aromatic rings. The van der Waals surface area contributed by atoms with Crippen LogP contribution in [0.15, 0.2) is 48.5 Å². The number of rotatable bonds is 3. The fourth-order valence-corrected chi connectivity index (χ4v) is 4.29. The van der Waals surface area contributed by atoms with Gasteiger partial charge in [0.1, 0.15) is 0 Å². The Morgan fingerprint density at radius 1 is 0.964 bits per heavy atom. The summed E-state index contributed by atoms with van der Waals surface area (Å²) in [5.74, 6) is 7.16. The van der Waals surface area contributed by atoms with E-state index in [9.17, 15) is 0 Å². The highest BCUT2D eigenvalue weighted by molar-refractivity contribution is 7.09. The zero-order valence-corrected chi connectivity index (χ0v) is 17.4. The van der Waals surface area contributed by atoms with Gasteiger partial charge in [0, 0.05) is 58.9 Å². The lowest BCUT2D eigenvalue weighted by Crippen LogP contribution is -2.46. The van der Waals surface area contributed by atoms with Gasteiger partial charge in [0.15, 0.2) is 5.82 Å². The Hall–Kier alpha value is -2.10. The van der Waals surface area contributed by atoms with Crippen LogP contribution < -0.4 is 4.90 Å². The van der Waals surface area contributed by atoms with E-state index in [2.05, 4.69) is 26.0 Å². The zero-order chi connectivity index (χ0) is 19.3. The number of nitrogens with zero attached hydrogens (tertiary/aromatic N) is 4. The van der Waals surface area contributed by atoms with Crippen LogP contribution in [0.2, 0.25) is 10.0 Å². The van der Waals surface area contributed by atoms with Gasteiger partial charge in [-0.25, -0.2) is 0 Å². The van der Waals surface area contributed by atoms with Crippen molar-refractivity contribution in [2.45, 2.75) is 0 Å². The number of aromatic nitrogens is 2. The molecule has 0 amide bonds. The van der Waals surface area contributed by atoms with Crippen molar-refractivity contribution in [3.63, 3.8) is 0 Å². The molecule has 0 atom stereocenters. The Kier molecular flexibility index (Phi) is 6.13. The van der Waals surface area contributed by atoms with Crippen LogP contribution in [-0.4, -0.2) is 47.0 Å². The SMILES string of the molecule is Clc1cc(Cl)cc(C#CCN2CCN(c3nc(-c4ccccc4)ns3)CC2)c1. The minimum Gasteiger partial charge on any atom is -0.344 e. The Morgan fingerprint density at radius 2 is 1.68 bits per heavy atom. The van der Waals surface area contributed by atoms with Crippen molar-refractivity contribution < 1.29 is 0 Å². The number of benzene rings is 2. The molecule has 1 aromatic heterocycles. The minimum absolute atomic E-state index is 0.609. The number of hydrogen-bond donors (Lipinski definition) is 0. The van der Waals surface area contributed by atoms with Crippen molar-refractivity contribution in [2.75, 3.05) is 37.6 Å². The van der Waals surface area contributed by atoms with Gasteiger partial charge in [-0.1, -0.05) is 65.4 Å². The van der Waals surface area contributed by atoms with Crippen molar-refractivity contribution in [1.82, 2.24) is 14.3 Å². The summed E-state index contributed by atoms with van der Waals surface area (Å²) in [7, 11) is 0. The molecule has 142 valence electrons. The van der Waals surface area contributed by atoms with Gasteiger partial charge in [0.05, 0.1) is 6.54 Å². The smallest absolute Gasteiger partial charge is 0.205 e. The molecule has 1 aliphatic rings. The average Bonchev–Trinajstić information content (AvgIpc) is 3.19. The van der Waals surface area contributed by atoms with Crippen molar-refractivity contribution in [3.05, 3.63) is 64.1 Å². The van der Waals surface area contributed by atoms with E-state index in [1.165, 1.54) is 11.5 Å². The third-order valence-corrected chi connectivity index (χ3v) is 5.70. The van der Waals surface area contributed by atoms with Crippen LogP contribution in [0.3, 0.4) is 0 Å². The fourth-order valence-electron chi connectivity index (χ4n) is 3.03. The van der Waals surface area contributed by atoms with Gasteiger partial charge in [0.2, 0.25) is 5.13 Å². The van der Waals surface area contributed by atoms with Gasteiger partial charge < -0.3 is 4.90 Å². The first-order chi connectivity index (χ1) is 13.7. The lowest BCUT2D eigenvalue weighted by atomic mass is 10.2. The third-order valence-electron chi connectivity index (χ3n) is 4.49. The van der Waals surface area contributed by atoms with Gasteiger partial charge >= 0.3 is 0 Å². The maximum atomic E-state index is 6.01. The number of hydrogen-bond acceptors (Lipinski definition) is 5. The highest BCUT2D eigenvalue weighted by atomic mass is 35.5. The molecule has 0 aliphatic carbocycles. The Balaban J connectivity index is 1.32. The van der Waals surface area contributed by atoms with E-state index in [0.717, 1.165) is 54.8 Å². The lowest BCUT2D eigenvalue weighted by Gasteiger charge is -2.33. The summed E-state index contributed by atoms with van der Waals surface area (Å²) in [4.78, 5) is 9.35. The normalized spacial score (nSPS) is 14.6.